The number of amides is 1. The normalized spacial score (nSPS) is 10.1. The highest BCUT2D eigenvalue weighted by atomic mass is 79.9. The number of nitrogens with one attached hydrogen (secondary N) is 2. The van der Waals surface area contributed by atoms with E-state index in [-0.39, 0.29) is 5.91 Å². The van der Waals surface area contributed by atoms with Crippen molar-refractivity contribution in [3.05, 3.63) is 52.5 Å². The Labute approximate surface area is 101 Å². The molecule has 0 unspecified atom stereocenters. The third-order valence-corrected chi connectivity index (χ3v) is 2.63. The Balaban J connectivity index is 1.95. The van der Waals surface area contributed by atoms with Crippen LogP contribution in [0.4, 0.5) is 0 Å². The molecule has 0 radical (unpaired) electrons. The van der Waals surface area contributed by atoms with Crippen molar-refractivity contribution in [2.75, 3.05) is 0 Å². The summed E-state index contributed by atoms with van der Waals surface area (Å²) in [6.07, 6.45) is 3.27. The summed E-state index contributed by atoms with van der Waals surface area (Å²) in [5.74, 6) is -0.0953. The molecule has 2 rings (SSSR count). The molecule has 1 aromatic carbocycles. The first-order valence-corrected chi connectivity index (χ1v) is 5.56. The van der Waals surface area contributed by atoms with Crippen LogP contribution in [0, 0.1) is 0 Å². The zero-order chi connectivity index (χ0) is 11.4. The lowest BCUT2D eigenvalue weighted by Gasteiger charge is -2.03. The average molecular weight is 280 g/mol. The largest absolute Gasteiger partial charge is 0.347 e. The van der Waals surface area contributed by atoms with Gasteiger partial charge in [-0.1, -0.05) is 15.9 Å². The molecule has 82 valence electrons. The zero-order valence-electron chi connectivity index (χ0n) is 8.40. The van der Waals surface area contributed by atoms with E-state index in [2.05, 4.69) is 31.2 Å². The lowest BCUT2D eigenvalue weighted by Crippen LogP contribution is -2.22. The van der Waals surface area contributed by atoms with Crippen molar-refractivity contribution in [1.82, 2.24) is 15.3 Å². The number of H-pyrrole nitrogens is 1. The van der Waals surface area contributed by atoms with E-state index in [1.807, 2.05) is 12.1 Å². The van der Waals surface area contributed by atoms with Crippen LogP contribution in [0.1, 0.15) is 16.1 Å². The molecular weight excluding hydrogens is 270 g/mol. The van der Waals surface area contributed by atoms with Crippen molar-refractivity contribution in [1.29, 1.82) is 0 Å². The lowest BCUT2D eigenvalue weighted by molar-refractivity contribution is 0.0950. The summed E-state index contributed by atoms with van der Waals surface area (Å²) in [4.78, 5) is 18.5. The van der Waals surface area contributed by atoms with E-state index in [1.165, 1.54) is 0 Å². The number of imidazole rings is 1. The highest BCUT2D eigenvalue weighted by molar-refractivity contribution is 9.10. The van der Waals surface area contributed by atoms with E-state index in [4.69, 9.17) is 0 Å². The van der Waals surface area contributed by atoms with Crippen molar-refractivity contribution in [2.45, 2.75) is 6.54 Å². The number of nitrogens with zero attached hydrogens (tertiary/aromatic N) is 1. The van der Waals surface area contributed by atoms with Gasteiger partial charge in [0.25, 0.3) is 5.91 Å². The summed E-state index contributed by atoms with van der Waals surface area (Å²) in [5, 5.41) is 2.80. The predicted octanol–water partition coefficient (Wildman–Crippen LogP) is 2.10. The minimum Gasteiger partial charge on any atom is -0.347 e. The van der Waals surface area contributed by atoms with Crippen LogP contribution in [0.25, 0.3) is 0 Å². The van der Waals surface area contributed by atoms with Crippen LogP contribution < -0.4 is 5.32 Å². The maximum Gasteiger partial charge on any atom is 0.251 e. The molecule has 5 heteroatoms. The summed E-state index contributed by atoms with van der Waals surface area (Å²) < 4.78 is 0.956. The number of hydrogen-bond acceptors (Lipinski definition) is 2. The number of carbonyl (C=O) groups is 1. The number of aromatic amines is 1. The lowest BCUT2D eigenvalue weighted by atomic mass is 10.2. The molecule has 0 spiro atoms. The fourth-order valence-corrected chi connectivity index (χ4v) is 1.52. The molecule has 1 aromatic heterocycles. The summed E-state index contributed by atoms with van der Waals surface area (Å²) in [7, 11) is 0. The fraction of sp³-hybridized carbons (Fsp3) is 0.0909. The van der Waals surface area contributed by atoms with Crippen LogP contribution in [0.15, 0.2) is 41.3 Å². The van der Waals surface area contributed by atoms with Gasteiger partial charge < -0.3 is 10.3 Å². The van der Waals surface area contributed by atoms with E-state index in [1.54, 1.807) is 24.7 Å². The Morgan fingerprint density at radius 2 is 2.12 bits per heavy atom. The van der Waals surface area contributed by atoms with Gasteiger partial charge in [0.2, 0.25) is 0 Å². The summed E-state index contributed by atoms with van der Waals surface area (Å²) in [6.45, 7) is 0.453. The van der Waals surface area contributed by atoms with Crippen molar-refractivity contribution >= 4 is 21.8 Å². The first-order chi connectivity index (χ1) is 7.75. The van der Waals surface area contributed by atoms with E-state index in [0.717, 1.165) is 10.2 Å². The second kappa shape index (κ2) is 4.94. The van der Waals surface area contributed by atoms with Gasteiger partial charge in [-0.2, -0.15) is 0 Å². The van der Waals surface area contributed by atoms with E-state index in [0.29, 0.717) is 12.1 Å². The molecule has 0 atom stereocenters. The molecule has 0 bridgehead atoms. The Hall–Kier alpha value is -1.62. The van der Waals surface area contributed by atoms with Crippen molar-refractivity contribution in [3.63, 3.8) is 0 Å². The van der Waals surface area contributed by atoms with Crippen LogP contribution >= 0.6 is 15.9 Å². The molecule has 16 heavy (non-hydrogen) atoms. The van der Waals surface area contributed by atoms with E-state index < -0.39 is 0 Å². The van der Waals surface area contributed by atoms with E-state index in [9.17, 15) is 4.79 Å². The number of carbonyl (C=O) groups excluding carboxylic acids is 1. The van der Waals surface area contributed by atoms with Crippen LogP contribution in [0.2, 0.25) is 0 Å². The molecule has 0 aliphatic heterocycles. The number of rotatable bonds is 3. The molecule has 2 aromatic rings. The molecule has 4 nitrogen and oxygen atoms in total. The molecule has 0 saturated carbocycles. The van der Waals surface area contributed by atoms with Crippen LogP contribution in [0.5, 0.6) is 0 Å². The first-order valence-electron chi connectivity index (χ1n) is 4.77. The smallest absolute Gasteiger partial charge is 0.251 e. The number of aromatic nitrogens is 2. The maximum atomic E-state index is 11.7. The first kappa shape index (κ1) is 10.9. The Kier molecular flexibility index (Phi) is 3.36. The van der Waals surface area contributed by atoms with Crippen LogP contribution in [-0.2, 0) is 6.54 Å². The van der Waals surface area contributed by atoms with Crippen LogP contribution in [0.3, 0.4) is 0 Å². The third-order valence-electron chi connectivity index (χ3n) is 2.10. The minimum atomic E-state index is -0.0953. The molecule has 0 aliphatic rings. The van der Waals surface area contributed by atoms with Gasteiger partial charge in [-0.15, -0.1) is 0 Å². The molecular formula is C11H10BrN3O. The maximum absolute atomic E-state index is 11.7. The van der Waals surface area contributed by atoms with Crippen molar-refractivity contribution in [2.24, 2.45) is 0 Å². The van der Waals surface area contributed by atoms with Gasteiger partial charge in [0.1, 0.15) is 0 Å². The topological polar surface area (TPSA) is 57.8 Å². The highest BCUT2D eigenvalue weighted by Crippen LogP contribution is 2.10. The SMILES string of the molecule is O=C(NCc1cnc[nH]1)c1ccc(Br)cc1. The molecule has 0 aliphatic carbocycles. The fourth-order valence-electron chi connectivity index (χ4n) is 1.26. The average Bonchev–Trinajstić information content (AvgIpc) is 2.80. The number of hydrogen-bond donors (Lipinski definition) is 2. The van der Waals surface area contributed by atoms with Gasteiger partial charge in [0, 0.05) is 16.2 Å². The van der Waals surface area contributed by atoms with Gasteiger partial charge in [-0.05, 0) is 24.3 Å². The van der Waals surface area contributed by atoms with Crippen molar-refractivity contribution < 1.29 is 4.79 Å². The predicted molar refractivity (Wildman–Crippen MR) is 63.9 cm³/mol. The zero-order valence-corrected chi connectivity index (χ0v) is 9.99. The quantitative estimate of drug-likeness (QED) is 0.904. The van der Waals surface area contributed by atoms with E-state index >= 15 is 0 Å². The van der Waals surface area contributed by atoms with Gasteiger partial charge >= 0.3 is 0 Å². The molecule has 0 saturated heterocycles. The molecule has 0 fully saturated rings. The summed E-state index contributed by atoms with van der Waals surface area (Å²) in [6, 6.07) is 7.22. The molecule has 1 heterocycles. The summed E-state index contributed by atoms with van der Waals surface area (Å²) >= 11 is 3.32. The summed E-state index contributed by atoms with van der Waals surface area (Å²) in [5.41, 5.74) is 1.52. The highest BCUT2D eigenvalue weighted by Gasteiger charge is 2.04. The standard InChI is InChI=1S/C11H10BrN3O/c12-9-3-1-8(2-4-9)11(16)14-6-10-5-13-7-15-10/h1-5,7H,6H2,(H,13,15)(H,14,16). The number of benzene rings is 1. The second-order valence-corrected chi connectivity index (χ2v) is 4.18. The Bertz CT molecular complexity index is 464. The van der Waals surface area contributed by atoms with Crippen LogP contribution in [-0.4, -0.2) is 15.9 Å². The molecule has 2 N–H and O–H groups in total. The van der Waals surface area contributed by atoms with Crippen molar-refractivity contribution in [3.8, 4) is 0 Å². The Morgan fingerprint density at radius 3 is 2.75 bits per heavy atom. The number of halogens is 1. The van der Waals surface area contributed by atoms with Gasteiger partial charge in [0.05, 0.1) is 18.6 Å². The van der Waals surface area contributed by atoms with Gasteiger partial charge in [0.15, 0.2) is 0 Å². The minimum absolute atomic E-state index is 0.0953. The Morgan fingerprint density at radius 1 is 1.38 bits per heavy atom. The van der Waals surface area contributed by atoms with Gasteiger partial charge in [-0.25, -0.2) is 4.98 Å². The molecule has 1 amide bonds. The monoisotopic (exact) mass is 279 g/mol. The van der Waals surface area contributed by atoms with Gasteiger partial charge in [-0.3, -0.25) is 4.79 Å². The third kappa shape index (κ3) is 2.70. The second-order valence-electron chi connectivity index (χ2n) is 3.27.